The highest BCUT2D eigenvalue weighted by atomic mass is 16.7. The molecule has 20 heavy (non-hydrogen) atoms. The highest BCUT2D eigenvalue weighted by Crippen LogP contribution is 2.37. The predicted molar refractivity (Wildman–Crippen MR) is 79.6 cm³/mol. The van der Waals surface area contributed by atoms with Gasteiger partial charge in [0.2, 0.25) is 0 Å². The average molecular weight is 269 g/mol. The summed E-state index contributed by atoms with van der Waals surface area (Å²) in [6, 6.07) is 8.42. The van der Waals surface area contributed by atoms with Crippen molar-refractivity contribution >= 4 is 5.71 Å². The van der Waals surface area contributed by atoms with Gasteiger partial charge in [0.25, 0.3) is 0 Å². The van der Waals surface area contributed by atoms with Gasteiger partial charge in [0.15, 0.2) is 5.60 Å². The molecule has 0 radical (unpaired) electrons. The summed E-state index contributed by atoms with van der Waals surface area (Å²) in [5.41, 5.74) is 3.95. The number of nitrogens with zero attached hydrogens (tertiary/aromatic N) is 1. The van der Waals surface area contributed by atoms with Crippen LogP contribution < -0.4 is 0 Å². The fourth-order valence-electron chi connectivity index (χ4n) is 2.78. The van der Waals surface area contributed by atoms with Crippen LogP contribution in [0.4, 0.5) is 0 Å². The van der Waals surface area contributed by atoms with Crippen LogP contribution in [0.5, 0.6) is 0 Å². The largest absolute Gasteiger partial charge is 0.460 e. The number of aliphatic imine (C=N–C) groups is 1. The van der Waals surface area contributed by atoms with Gasteiger partial charge >= 0.3 is 5.95 Å². The van der Waals surface area contributed by atoms with E-state index in [0.29, 0.717) is 12.6 Å². The molecule has 1 unspecified atom stereocenters. The molecular weight excluding hydrogens is 250 g/mol. The molecule has 1 aliphatic carbocycles. The number of ether oxygens (including phenoxy) is 2. The van der Waals surface area contributed by atoms with Crippen molar-refractivity contribution in [2.24, 2.45) is 4.99 Å². The summed E-state index contributed by atoms with van der Waals surface area (Å²) >= 11 is 0. The number of benzene rings is 1. The summed E-state index contributed by atoms with van der Waals surface area (Å²) in [7, 11) is 0. The number of aryl methyl sites for hydroxylation is 1. The lowest BCUT2D eigenvalue weighted by atomic mass is 9.79. The molecule has 0 N–H and O–H groups in total. The quantitative estimate of drug-likeness (QED) is 0.785. The van der Waals surface area contributed by atoms with Gasteiger partial charge in [-0.25, -0.2) is 4.99 Å². The highest BCUT2D eigenvalue weighted by molar-refractivity contribution is 6.09. The van der Waals surface area contributed by atoms with Crippen LogP contribution >= 0.6 is 0 Å². The molecule has 1 heterocycles. The lowest BCUT2D eigenvalue weighted by Gasteiger charge is -2.39. The molecule has 1 aliphatic heterocycles. The zero-order valence-electron chi connectivity index (χ0n) is 12.0. The van der Waals surface area contributed by atoms with Crippen LogP contribution in [0.15, 0.2) is 53.6 Å². The Hall–Kier alpha value is -2.03. The van der Waals surface area contributed by atoms with Gasteiger partial charge < -0.3 is 9.47 Å². The number of allylic oxidation sites excluding steroid dienone is 1. The second-order valence-electron chi connectivity index (χ2n) is 5.42. The first-order chi connectivity index (χ1) is 9.64. The fraction of sp³-hybridized carbons (Fsp3) is 0.353. The minimum Gasteiger partial charge on any atom is -0.460 e. The second kappa shape index (κ2) is 4.82. The van der Waals surface area contributed by atoms with Gasteiger partial charge in [-0.1, -0.05) is 36.9 Å². The number of fused-ring (bicyclic) bond motifs is 3. The van der Waals surface area contributed by atoms with Crippen molar-refractivity contribution in [2.75, 3.05) is 6.61 Å². The second-order valence-corrected chi connectivity index (χ2v) is 5.42. The van der Waals surface area contributed by atoms with Crippen molar-refractivity contribution in [2.45, 2.75) is 32.3 Å². The summed E-state index contributed by atoms with van der Waals surface area (Å²) in [5.74, 6) is 0.524. The summed E-state index contributed by atoms with van der Waals surface area (Å²) in [6.07, 6.45) is 3.62. The molecule has 0 saturated carbocycles. The first kappa shape index (κ1) is 13.0. The van der Waals surface area contributed by atoms with Crippen LogP contribution in [0.3, 0.4) is 0 Å². The minimum atomic E-state index is -0.398. The average Bonchev–Trinajstić information content (AvgIpc) is 2.46. The van der Waals surface area contributed by atoms with Gasteiger partial charge in [-0.15, -0.1) is 0 Å². The predicted octanol–water partition coefficient (Wildman–Crippen LogP) is 3.60. The smallest absolute Gasteiger partial charge is 0.302 e. The molecule has 1 aromatic rings. The molecule has 2 aliphatic rings. The number of rotatable bonds is 3. The third-order valence-corrected chi connectivity index (χ3v) is 3.87. The van der Waals surface area contributed by atoms with Crippen LogP contribution in [0.2, 0.25) is 0 Å². The Morgan fingerprint density at radius 1 is 1.45 bits per heavy atom. The van der Waals surface area contributed by atoms with Crippen LogP contribution in [0.25, 0.3) is 0 Å². The van der Waals surface area contributed by atoms with Gasteiger partial charge in [0.05, 0.1) is 5.71 Å². The molecule has 0 amide bonds. The summed E-state index contributed by atoms with van der Waals surface area (Å²) in [5, 5.41) is 0. The summed E-state index contributed by atoms with van der Waals surface area (Å²) in [6.45, 7) is 8.10. The monoisotopic (exact) mass is 269 g/mol. The van der Waals surface area contributed by atoms with Crippen molar-refractivity contribution in [3.63, 3.8) is 0 Å². The number of hydrogen-bond donors (Lipinski definition) is 0. The molecule has 1 atom stereocenters. The van der Waals surface area contributed by atoms with Gasteiger partial charge in [-0.3, -0.25) is 0 Å². The van der Waals surface area contributed by atoms with E-state index in [1.54, 1.807) is 6.08 Å². The highest BCUT2D eigenvalue weighted by Gasteiger charge is 2.42. The number of hydrogen-bond acceptors (Lipinski definition) is 3. The molecular formula is C17H19NO2. The van der Waals surface area contributed by atoms with Gasteiger partial charge in [0.1, 0.15) is 12.3 Å². The van der Waals surface area contributed by atoms with Crippen LogP contribution in [-0.2, 0) is 15.9 Å². The van der Waals surface area contributed by atoms with Crippen LogP contribution in [0, 0.1) is 0 Å². The first-order valence-electron chi connectivity index (χ1n) is 6.95. The Balaban J connectivity index is 2.04. The Bertz CT molecular complexity index is 615. The lowest BCUT2D eigenvalue weighted by Crippen LogP contribution is -2.45. The molecule has 3 nitrogen and oxygen atoms in total. The van der Waals surface area contributed by atoms with E-state index in [4.69, 9.17) is 14.5 Å². The Morgan fingerprint density at radius 3 is 3.05 bits per heavy atom. The van der Waals surface area contributed by atoms with Crippen molar-refractivity contribution in [3.05, 3.63) is 59.7 Å². The SMILES string of the molecule is C=CCOC1=C(C)N=C2c3ccccc3CCC2(C)O1. The lowest BCUT2D eigenvalue weighted by molar-refractivity contribution is -0.0332. The maximum atomic E-state index is 6.13. The Labute approximate surface area is 119 Å². The van der Waals surface area contributed by atoms with Crippen LogP contribution in [-0.4, -0.2) is 17.9 Å². The molecule has 0 fully saturated rings. The first-order valence-corrected chi connectivity index (χ1v) is 6.95. The third kappa shape index (κ3) is 2.03. The topological polar surface area (TPSA) is 30.8 Å². The van der Waals surface area contributed by atoms with Crippen molar-refractivity contribution in [1.82, 2.24) is 0 Å². The summed E-state index contributed by atoms with van der Waals surface area (Å²) < 4.78 is 11.7. The minimum absolute atomic E-state index is 0.398. The van der Waals surface area contributed by atoms with E-state index >= 15 is 0 Å². The van der Waals surface area contributed by atoms with E-state index in [2.05, 4.69) is 37.8 Å². The standard InChI is InChI=1S/C17H19NO2/c1-4-11-19-16-12(2)18-15-14-8-6-5-7-13(14)9-10-17(15,3)20-16/h4-8H,1,9-11H2,2-3H3. The molecule has 3 heteroatoms. The maximum Gasteiger partial charge on any atom is 0.302 e. The van der Waals surface area contributed by atoms with Gasteiger partial charge in [-0.2, -0.15) is 0 Å². The van der Waals surface area contributed by atoms with Crippen molar-refractivity contribution in [3.8, 4) is 0 Å². The van der Waals surface area contributed by atoms with E-state index in [0.717, 1.165) is 24.3 Å². The van der Waals surface area contributed by atoms with Crippen LogP contribution in [0.1, 0.15) is 31.4 Å². The molecule has 3 rings (SSSR count). The van der Waals surface area contributed by atoms with E-state index < -0.39 is 5.60 Å². The normalized spacial score (nSPS) is 24.2. The third-order valence-electron chi connectivity index (χ3n) is 3.87. The molecule has 0 spiro atoms. The van der Waals surface area contributed by atoms with Gasteiger partial charge in [-0.05, 0) is 32.3 Å². The molecule has 0 aromatic heterocycles. The maximum absolute atomic E-state index is 6.13. The zero-order valence-corrected chi connectivity index (χ0v) is 12.0. The molecule has 104 valence electrons. The van der Waals surface area contributed by atoms with Crippen molar-refractivity contribution in [1.29, 1.82) is 0 Å². The fourth-order valence-corrected chi connectivity index (χ4v) is 2.78. The Kier molecular flexibility index (Phi) is 3.13. The van der Waals surface area contributed by atoms with E-state index in [1.807, 2.05) is 6.92 Å². The molecule has 0 saturated heterocycles. The summed E-state index contributed by atoms with van der Waals surface area (Å²) in [4.78, 5) is 4.76. The van der Waals surface area contributed by atoms with Gasteiger partial charge in [0, 0.05) is 5.56 Å². The molecule has 0 bridgehead atoms. The van der Waals surface area contributed by atoms with Crippen molar-refractivity contribution < 1.29 is 9.47 Å². The zero-order chi connectivity index (χ0) is 14.2. The van der Waals surface area contributed by atoms with E-state index in [-0.39, 0.29) is 0 Å². The van der Waals surface area contributed by atoms with E-state index in [9.17, 15) is 0 Å². The Morgan fingerprint density at radius 2 is 2.25 bits per heavy atom. The van der Waals surface area contributed by atoms with E-state index in [1.165, 1.54) is 11.1 Å². The molecule has 1 aromatic carbocycles.